The Bertz CT molecular complexity index is 725. The van der Waals surface area contributed by atoms with Gasteiger partial charge < -0.3 is 4.52 Å². The standard InChI is InChI=1S/C11H11N3O5S/c1-8-6-10(2-3-11(8)14(15)16)20(17,18)13-7-9-4-5-12-19-9/h2-6,13H,7H2,1H3. The smallest absolute Gasteiger partial charge is 0.272 e. The molecule has 1 heterocycles. The zero-order valence-electron chi connectivity index (χ0n) is 10.4. The Labute approximate surface area is 114 Å². The molecular formula is C11H11N3O5S. The Kier molecular flexibility index (Phi) is 3.81. The van der Waals surface area contributed by atoms with Crippen molar-refractivity contribution >= 4 is 15.7 Å². The lowest BCUT2D eigenvalue weighted by molar-refractivity contribution is -0.385. The van der Waals surface area contributed by atoms with Gasteiger partial charge in [0.2, 0.25) is 10.0 Å². The molecule has 0 saturated heterocycles. The molecule has 1 aromatic carbocycles. The van der Waals surface area contributed by atoms with Crippen LogP contribution in [0.15, 0.2) is 39.9 Å². The van der Waals surface area contributed by atoms with Gasteiger partial charge in [-0.15, -0.1) is 0 Å². The fourth-order valence-electron chi connectivity index (χ4n) is 1.58. The molecule has 0 unspecified atom stereocenters. The van der Waals surface area contributed by atoms with Crippen molar-refractivity contribution < 1.29 is 17.9 Å². The average Bonchev–Trinajstić information content (AvgIpc) is 2.89. The molecule has 0 fully saturated rings. The largest absolute Gasteiger partial charge is 0.360 e. The Morgan fingerprint density at radius 2 is 2.15 bits per heavy atom. The molecule has 0 spiro atoms. The summed E-state index contributed by atoms with van der Waals surface area (Å²) in [4.78, 5) is 10.1. The summed E-state index contributed by atoms with van der Waals surface area (Å²) in [7, 11) is -3.76. The highest BCUT2D eigenvalue weighted by molar-refractivity contribution is 7.89. The normalized spacial score (nSPS) is 11.4. The minimum Gasteiger partial charge on any atom is -0.360 e. The van der Waals surface area contributed by atoms with E-state index in [1.807, 2.05) is 0 Å². The summed E-state index contributed by atoms with van der Waals surface area (Å²) in [5.41, 5.74) is 0.150. The molecule has 106 valence electrons. The molecule has 0 amide bonds. The number of nitro groups is 1. The summed E-state index contributed by atoms with van der Waals surface area (Å²) in [5.74, 6) is 0.368. The molecule has 0 radical (unpaired) electrons. The molecule has 2 rings (SSSR count). The molecule has 0 aliphatic heterocycles. The number of hydrogen-bond acceptors (Lipinski definition) is 6. The van der Waals surface area contributed by atoms with E-state index < -0.39 is 14.9 Å². The van der Waals surface area contributed by atoms with Crippen molar-refractivity contribution in [3.8, 4) is 0 Å². The van der Waals surface area contributed by atoms with E-state index in [-0.39, 0.29) is 22.7 Å². The van der Waals surface area contributed by atoms with Crippen LogP contribution in [0.3, 0.4) is 0 Å². The van der Waals surface area contributed by atoms with Crippen molar-refractivity contribution in [2.45, 2.75) is 18.4 Å². The summed E-state index contributed by atoms with van der Waals surface area (Å²) in [6.07, 6.45) is 1.40. The first-order valence-electron chi connectivity index (χ1n) is 5.54. The average molecular weight is 297 g/mol. The molecular weight excluding hydrogens is 286 g/mol. The van der Waals surface area contributed by atoms with E-state index in [1.165, 1.54) is 37.4 Å². The lowest BCUT2D eigenvalue weighted by Crippen LogP contribution is -2.23. The Morgan fingerprint density at radius 1 is 1.40 bits per heavy atom. The van der Waals surface area contributed by atoms with Gasteiger partial charge in [-0.3, -0.25) is 10.1 Å². The number of sulfonamides is 1. The van der Waals surface area contributed by atoms with Gasteiger partial charge in [0.25, 0.3) is 5.69 Å². The lowest BCUT2D eigenvalue weighted by Gasteiger charge is -2.06. The predicted octanol–water partition coefficient (Wildman–Crippen LogP) is 1.37. The molecule has 9 heteroatoms. The van der Waals surface area contributed by atoms with Gasteiger partial charge in [0.15, 0.2) is 5.76 Å². The zero-order valence-corrected chi connectivity index (χ0v) is 11.3. The molecule has 0 saturated carbocycles. The molecule has 1 aromatic heterocycles. The van der Waals surface area contributed by atoms with Gasteiger partial charge in [0.05, 0.1) is 22.6 Å². The maximum absolute atomic E-state index is 12.0. The number of rotatable bonds is 5. The summed E-state index contributed by atoms with van der Waals surface area (Å²) in [6, 6.07) is 5.14. The SMILES string of the molecule is Cc1cc(S(=O)(=O)NCc2ccno2)ccc1[N+](=O)[O-]. The first-order valence-corrected chi connectivity index (χ1v) is 7.03. The van der Waals surface area contributed by atoms with E-state index in [0.717, 1.165) is 0 Å². The molecule has 8 nitrogen and oxygen atoms in total. The fraction of sp³-hybridized carbons (Fsp3) is 0.182. The molecule has 0 aliphatic rings. The third-order valence-corrected chi connectivity index (χ3v) is 4.00. The van der Waals surface area contributed by atoms with E-state index in [0.29, 0.717) is 5.76 Å². The number of aryl methyl sites for hydroxylation is 1. The van der Waals surface area contributed by atoms with E-state index in [4.69, 9.17) is 4.52 Å². The van der Waals surface area contributed by atoms with Crippen molar-refractivity contribution in [3.05, 3.63) is 51.9 Å². The first kappa shape index (κ1) is 14.2. The van der Waals surface area contributed by atoms with Gasteiger partial charge in [-0.25, -0.2) is 13.1 Å². The van der Waals surface area contributed by atoms with Gasteiger partial charge >= 0.3 is 0 Å². The summed E-state index contributed by atoms with van der Waals surface area (Å²) < 4.78 is 31.1. The van der Waals surface area contributed by atoms with E-state index in [1.54, 1.807) is 0 Å². The van der Waals surface area contributed by atoms with Crippen molar-refractivity contribution in [2.24, 2.45) is 0 Å². The van der Waals surface area contributed by atoms with Crippen molar-refractivity contribution in [3.63, 3.8) is 0 Å². The van der Waals surface area contributed by atoms with Crippen molar-refractivity contribution in [1.29, 1.82) is 0 Å². The van der Waals surface area contributed by atoms with Crippen LogP contribution >= 0.6 is 0 Å². The minimum absolute atomic E-state index is 0.0416. The Morgan fingerprint density at radius 3 is 2.70 bits per heavy atom. The van der Waals surface area contributed by atoms with Crippen LogP contribution in [0.5, 0.6) is 0 Å². The third-order valence-electron chi connectivity index (χ3n) is 2.60. The van der Waals surface area contributed by atoms with E-state index in [9.17, 15) is 18.5 Å². The summed E-state index contributed by atoms with van der Waals surface area (Å²) in [5, 5.41) is 14.1. The van der Waals surface area contributed by atoms with Crippen LogP contribution in [0.2, 0.25) is 0 Å². The predicted molar refractivity (Wildman–Crippen MR) is 68.4 cm³/mol. The number of aromatic nitrogens is 1. The lowest BCUT2D eigenvalue weighted by atomic mass is 10.2. The highest BCUT2D eigenvalue weighted by atomic mass is 32.2. The van der Waals surface area contributed by atoms with E-state index in [2.05, 4.69) is 9.88 Å². The zero-order chi connectivity index (χ0) is 14.8. The second-order valence-electron chi connectivity index (χ2n) is 4.01. The van der Waals surface area contributed by atoms with Crippen molar-refractivity contribution in [2.75, 3.05) is 0 Å². The minimum atomic E-state index is -3.76. The maximum atomic E-state index is 12.0. The van der Waals surface area contributed by atoms with Crippen LogP contribution in [-0.2, 0) is 16.6 Å². The van der Waals surface area contributed by atoms with Crippen LogP contribution in [-0.4, -0.2) is 18.5 Å². The number of hydrogen-bond donors (Lipinski definition) is 1. The summed E-state index contributed by atoms with van der Waals surface area (Å²) >= 11 is 0. The van der Waals surface area contributed by atoms with E-state index >= 15 is 0 Å². The second-order valence-corrected chi connectivity index (χ2v) is 5.78. The van der Waals surface area contributed by atoms with Crippen LogP contribution in [0.25, 0.3) is 0 Å². The summed E-state index contributed by atoms with van der Waals surface area (Å²) in [6.45, 7) is 1.44. The molecule has 20 heavy (non-hydrogen) atoms. The second kappa shape index (κ2) is 5.39. The van der Waals surface area contributed by atoms with Crippen LogP contribution in [0.1, 0.15) is 11.3 Å². The number of benzene rings is 1. The Balaban J connectivity index is 2.21. The molecule has 2 aromatic rings. The fourth-order valence-corrected chi connectivity index (χ4v) is 2.66. The van der Waals surface area contributed by atoms with Crippen molar-refractivity contribution in [1.82, 2.24) is 9.88 Å². The number of nitrogens with one attached hydrogen (secondary N) is 1. The van der Waals surface area contributed by atoms with Gasteiger partial charge in [-0.1, -0.05) is 5.16 Å². The first-order chi connectivity index (χ1) is 9.40. The van der Waals surface area contributed by atoms with Gasteiger partial charge in [0.1, 0.15) is 0 Å². The highest BCUT2D eigenvalue weighted by Gasteiger charge is 2.18. The Hall–Kier alpha value is -2.26. The molecule has 0 atom stereocenters. The monoisotopic (exact) mass is 297 g/mol. The number of nitro benzene ring substituents is 1. The molecule has 1 N–H and O–H groups in total. The van der Waals surface area contributed by atoms with Crippen LogP contribution in [0.4, 0.5) is 5.69 Å². The maximum Gasteiger partial charge on any atom is 0.272 e. The van der Waals surface area contributed by atoms with Crippen LogP contribution < -0.4 is 4.72 Å². The van der Waals surface area contributed by atoms with Gasteiger partial charge in [-0.2, -0.15) is 0 Å². The molecule has 0 bridgehead atoms. The van der Waals surface area contributed by atoms with Crippen LogP contribution in [0, 0.1) is 17.0 Å². The quantitative estimate of drug-likeness (QED) is 0.658. The highest BCUT2D eigenvalue weighted by Crippen LogP contribution is 2.21. The topological polar surface area (TPSA) is 115 Å². The van der Waals surface area contributed by atoms with Gasteiger partial charge in [-0.05, 0) is 19.1 Å². The number of nitrogens with zero attached hydrogens (tertiary/aromatic N) is 2. The van der Waals surface area contributed by atoms with Gasteiger partial charge in [0, 0.05) is 17.7 Å². The molecule has 0 aliphatic carbocycles. The third kappa shape index (κ3) is 3.00.